The topological polar surface area (TPSA) is 82.5 Å². The number of hydrogen-bond acceptors (Lipinski definition) is 5. The van der Waals surface area contributed by atoms with Gasteiger partial charge in [0.2, 0.25) is 0 Å². The van der Waals surface area contributed by atoms with Crippen LogP contribution in [0.1, 0.15) is 12.5 Å². The Morgan fingerprint density at radius 3 is 2.45 bits per heavy atom. The summed E-state index contributed by atoms with van der Waals surface area (Å²) in [5.41, 5.74) is 0.0398. The number of nitrogens with zero attached hydrogens (tertiary/aromatic N) is 2. The molecule has 0 saturated carbocycles. The first-order valence-electron chi connectivity index (χ1n) is 10.1. The van der Waals surface area contributed by atoms with Gasteiger partial charge in [0.25, 0.3) is 11.5 Å². The second-order valence-electron chi connectivity index (χ2n) is 6.87. The Labute approximate surface area is 187 Å². The normalized spacial score (nSPS) is 11.2. The van der Waals surface area contributed by atoms with Crippen molar-refractivity contribution in [3.63, 3.8) is 0 Å². The number of amides is 1. The number of carbonyl (C=O) groups excluding carboxylic acids is 1. The van der Waals surface area contributed by atoms with Gasteiger partial charge in [-0.15, -0.1) is 0 Å². The van der Waals surface area contributed by atoms with Crippen LogP contribution in [0.5, 0.6) is 11.5 Å². The van der Waals surface area contributed by atoms with E-state index in [9.17, 15) is 22.8 Å². The van der Waals surface area contributed by atoms with E-state index < -0.39 is 30.0 Å². The van der Waals surface area contributed by atoms with Crippen molar-refractivity contribution in [2.45, 2.75) is 19.6 Å². The molecule has 0 unspecified atom stereocenters. The summed E-state index contributed by atoms with van der Waals surface area (Å²) in [4.78, 5) is 24.1. The summed E-state index contributed by atoms with van der Waals surface area (Å²) in [5, 5.41) is 6.81. The third-order valence-corrected chi connectivity index (χ3v) is 4.52. The molecule has 174 valence electrons. The molecule has 0 aliphatic rings. The number of benzene rings is 2. The van der Waals surface area contributed by atoms with E-state index in [0.29, 0.717) is 12.3 Å². The van der Waals surface area contributed by atoms with Gasteiger partial charge in [0.05, 0.1) is 24.4 Å². The summed E-state index contributed by atoms with van der Waals surface area (Å²) in [6, 6.07) is 14.9. The second kappa shape index (κ2) is 10.7. The van der Waals surface area contributed by atoms with Crippen LogP contribution in [0.4, 0.5) is 13.2 Å². The molecule has 1 aromatic heterocycles. The van der Waals surface area contributed by atoms with E-state index in [-0.39, 0.29) is 18.6 Å². The predicted octanol–water partition coefficient (Wildman–Crippen LogP) is 3.52. The Balaban J connectivity index is 1.56. The van der Waals surface area contributed by atoms with Gasteiger partial charge in [0.1, 0.15) is 11.5 Å². The van der Waals surface area contributed by atoms with Crippen LogP contribution < -0.4 is 20.3 Å². The molecular formula is C23H22F3N3O4. The zero-order valence-corrected chi connectivity index (χ0v) is 17.8. The highest BCUT2D eigenvalue weighted by Gasteiger charge is 2.34. The monoisotopic (exact) mass is 461 g/mol. The fraction of sp³-hybridized carbons (Fsp3) is 0.261. The van der Waals surface area contributed by atoms with Crippen LogP contribution in [-0.2, 0) is 17.5 Å². The first-order chi connectivity index (χ1) is 15.8. The Morgan fingerprint density at radius 2 is 1.76 bits per heavy atom. The van der Waals surface area contributed by atoms with Gasteiger partial charge in [-0.3, -0.25) is 9.59 Å². The number of carbonyl (C=O) groups is 1. The van der Waals surface area contributed by atoms with Gasteiger partial charge in [0, 0.05) is 18.2 Å². The number of alkyl halides is 3. The third-order valence-electron chi connectivity index (χ3n) is 4.52. The number of hydrogen-bond donors (Lipinski definition) is 1. The van der Waals surface area contributed by atoms with Gasteiger partial charge in [-0.1, -0.05) is 12.1 Å². The van der Waals surface area contributed by atoms with E-state index in [1.54, 1.807) is 18.2 Å². The zero-order valence-electron chi connectivity index (χ0n) is 17.8. The minimum atomic E-state index is -4.59. The second-order valence-corrected chi connectivity index (χ2v) is 6.87. The number of halogens is 3. The van der Waals surface area contributed by atoms with Crippen molar-refractivity contribution in [3.05, 3.63) is 76.6 Å². The number of aromatic nitrogens is 2. The lowest BCUT2D eigenvalue weighted by Crippen LogP contribution is -2.34. The molecule has 10 heteroatoms. The number of nitrogens with one attached hydrogen (secondary N) is 1. The van der Waals surface area contributed by atoms with E-state index in [1.165, 1.54) is 22.9 Å². The van der Waals surface area contributed by atoms with Gasteiger partial charge < -0.3 is 14.8 Å². The van der Waals surface area contributed by atoms with E-state index >= 15 is 0 Å². The number of para-hydroxylation sites is 1. The lowest BCUT2D eigenvalue weighted by molar-refractivity contribution is -0.139. The number of rotatable bonds is 9. The fourth-order valence-electron chi connectivity index (χ4n) is 2.97. The van der Waals surface area contributed by atoms with E-state index in [2.05, 4.69) is 10.4 Å². The van der Waals surface area contributed by atoms with Gasteiger partial charge in [0.15, 0.2) is 6.61 Å². The summed E-state index contributed by atoms with van der Waals surface area (Å²) >= 11 is 0. The lowest BCUT2D eigenvalue weighted by atomic mass is 10.1. The Kier molecular flexibility index (Phi) is 7.70. The zero-order chi connectivity index (χ0) is 23.8. The Hall–Kier alpha value is -3.82. The van der Waals surface area contributed by atoms with Crippen molar-refractivity contribution < 1.29 is 27.4 Å². The molecular weight excluding hydrogens is 439 g/mol. The summed E-state index contributed by atoms with van der Waals surface area (Å²) in [5.74, 6) is -0.332. The summed E-state index contributed by atoms with van der Waals surface area (Å²) in [7, 11) is 0. The minimum Gasteiger partial charge on any atom is -0.494 e. The van der Waals surface area contributed by atoms with Crippen molar-refractivity contribution in [3.8, 4) is 22.8 Å². The van der Waals surface area contributed by atoms with Crippen molar-refractivity contribution in [2.75, 3.05) is 19.8 Å². The van der Waals surface area contributed by atoms with Gasteiger partial charge >= 0.3 is 6.18 Å². The number of ether oxygens (including phenoxy) is 2. The Bertz CT molecular complexity index is 1140. The molecule has 1 N–H and O–H groups in total. The average Bonchev–Trinajstić information content (AvgIpc) is 2.79. The van der Waals surface area contributed by atoms with Gasteiger partial charge in [-0.2, -0.15) is 18.3 Å². The first kappa shape index (κ1) is 23.8. The molecule has 3 aromatic rings. The summed E-state index contributed by atoms with van der Waals surface area (Å²) < 4.78 is 50.6. The fourth-order valence-corrected chi connectivity index (χ4v) is 2.97. The molecule has 0 aliphatic carbocycles. The molecule has 1 amide bonds. The molecule has 0 spiro atoms. The summed E-state index contributed by atoms with van der Waals surface area (Å²) in [6.07, 6.45) is -4.59. The molecule has 0 fully saturated rings. The van der Waals surface area contributed by atoms with E-state index in [1.807, 2.05) is 19.1 Å². The van der Waals surface area contributed by atoms with Crippen LogP contribution in [0, 0.1) is 0 Å². The molecule has 0 atom stereocenters. The highest BCUT2D eigenvalue weighted by molar-refractivity contribution is 5.77. The molecule has 0 saturated heterocycles. The van der Waals surface area contributed by atoms with Crippen molar-refractivity contribution in [2.24, 2.45) is 0 Å². The molecule has 3 rings (SSSR count). The average molecular weight is 461 g/mol. The van der Waals surface area contributed by atoms with E-state index in [0.717, 1.165) is 23.4 Å². The van der Waals surface area contributed by atoms with Crippen LogP contribution in [0.2, 0.25) is 0 Å². The lowest BCUT2D eigenvalue weighted by Gasteiger charge is -2.13. The van der Waals surface area contributed by atoms with Crippen molar-refractivity contribution in [1.29, 1.82) is 0 Å². The van der Waals surface area contributed by atoms with Crippen molar-refractivity contribution >= 4 is 5.91 Å². The minimum absolute atomic E-state index is 0.0444. The Morgan fingerprint density at radius 1 is 1.03 bits per heavy atom. The van der Waals surface area contributed by atoms with Crippen molar-refractivity contribution in [1.82, 2.24) is 15.1 Å². The molecule has 0 radical (unpaired) electrons. The predicted molar refractivity (Wildman–Crippen MR) is 115 cm³/mol. The smallest absolute Gasteiger partial charge is 0.419 e. The van der Waals surface area contributed by atoms with Crippen LogP contribution in [0.25, 0.3) is 11.3 Å². The third kappa shape index (κ3) is 6.58. The highest BCUT2D eigenvalue weighted by atomic mass is 19.4. The molecule has 33 heavy (non-hydrogen) atoms. The largest absolute Gasteiger partial charge is 0.494 e. The van der Waals surface area contributed by atoms with Crippen LogP contribution in [-0.4, -0.2) is 35.4 Å². The molecule has 1 heterocycles. The first-order valence-corrected chi connectivity index (χ1v) is 10.1. The van der Waals surface area contributed by atoms with Gasteiger partial charge in [-0.05, 0) is 49.4 Å². The molecule has 0 aliphatic heterocycles. The van der Waals surface area contributed by atoms with Crippen LogP contribution in [0.15, 0.2) is 65.5 Å². The van der Waals surface area contributed by atoms with E-state index in [4.69, 9.17) is 9.47 Å². The maximum absolute atomic E-state index is 13.0. The maximum atomic E-state index is 13.0. The maximum Gasteiger partial charge on any atom is 0.419 e. The highest BCUT2D eigenvalue weighted by Crippen LogP contribution is 2.35. The standard InChI is InChI=1S/C23H22F3N3O4/c1-2-32-17-9-7-16(8-10-17)19-11-12-22(31)29(28-19)14-13-27-21(30)15-33-20-6-4-3-5-18(20)23(24,25)26/h3-12H,2,13-15H2,1H3,(H,27,30). The molecule has 7 nitrogen and oxygen atoms in total. The van der Waals surface area contributed by atoms with Crippen LogP contribution in [0.3, 0.4) is 0 Å². The SMILES string of the molecule is CCOc1ccc(-c2ccc(=O)n(CCNC(=O)COc3ccccc3C(F)(F)F)n2)cc1. The molecule has 2 aromatic carbocycles. The van der Waals surface area contributed by atoms with Crippen LogP contribution >= 0.6 is 0 Å². The quantitative estimate of drug-likeness (QED) is 0.527. The molecule has 0 bridgehead atoms. The van der Waals surface area contributed by atoms with Gasteiger partial charge in [-0.25, -0.2) is 4.68 Å². The summed E-state index contributed by atoms with van der Waals surface area (Å²) in [6.45, 7) is 1.96.